The maximum atomic E-state index is 11.9. The van der Waals surface area contributed by atoms with Crippen molar-refractivity contribution in [2.45, 2.75) is 63.3 Å². The zero-order chi connectivity index (χ0) is 14.1. The van der Waals surface area contributed by atoms with Gasteiger partial charge in [-0.05, 0) is 25.7 Å². The fourth-order valence-corrected chi connectivity index (χ4v) is 3.97. The zero-order valence-electron chi connectivity index (χ0n) is 11.9. The third-order valence-corrected chi connectivity index (χ3v) is 4.93. The summed E-state index contributed by atoms with van der Waals surface area (Å²) in [4.78, 5) is 16.5. The molecular weight excluding hydrogens is 276 g/mol. The van der Waals surface area contributed by atoms with Crippen LogP contribution in [0.25, 0.3) is 0 Å². The number of hydrogen-bond acceptors (Lipinski definition) is 3. The van der Waals surface area contributed by atoms with Crippen LogP contribution in [0.15, 0.2) is 0 Å². The van der Waals surface area contributed by atoms with Gasteiger partial charge in [0.2, 0.25) is 0 Å². The smallest absolute Gasteiger partial charge is 0.314 e. The fraction of sp³-hybridized carbons (Fsp3) is 0.733. The van der Waals surface area contributed by atoms with Crippen LogP contribution in [0.2, 0.25) is 5.15 Å². The molecule has 1 aromatic heterocycles. The first-order valence-electron chi connectivity index (χ1n) is 7.56. The van der Waals surface area contributed by atoms with Crippen LogP contribution < -0.4 is 0 Å². The molecule has 20 heavy (non-hydrogen) atoms. The third kappa shape index (κ3) is 2.34. The molecule has 5 heteroatoms. The summed E-state index contributed by atoms with van der Waals surface area (Å²) in [5, 5.41) is 0.501. The van der Waals surface area contributed by atoms with Gasteiger partial charge >= 0.3 is 5.97 Å². The number of methoxy groups -OCH3 is 1. The summed E-state index contributed by atoms with van der Waals surface area (Å²) >= 11 is 6.34. The number of esters is 1. The Hall–Kier alpha value is -1.03. The van der Waals surface area contributed by atoms with Gasteiger partial charge in [-0.1, -0.05) is 30.9 Å². The van der Waals surface area contributed by atoms with E-state index < -0.39 is 0 Å². The average Bonchev–Trinajstić information content (AvgIpc) is 2.85. The van der Waals surface area contributed by atoms with Gasteiger partial charge in [-0.25, -0.2) is 4.98 Å². The molecule has 0 saturated heterocycles. The minimum absolute atomic E-state index is 0.192. The van der Waals surface area contributed by atoms with E-state index in [-0.39, 0.29) is 11.9 Å². The second-order valence-corrected chi connectivity index (χ2v) is 6.21. The molecule has 0 radical (unpaired) electrons. The first-order chi connectivity index (χ1) is 9.72. The van der Waals surface area contributed by atoms with Crippen molar-refractivity contribution in [2.24, 2.45) is 0 Å². The lowest BCUT2D eigenvalue weighted by atomic mass is 9.88. The molecule has 0 bridgehead atoms. The first-order valence-corrected chi connectivity index (χ1v) is 7.93. The number of hydrogen-bond donors (Lipinski definition) is 0. The normalized spacial score (nSPS) is 23.4. The number of carbonyl (C=O) groups is 1. The highest BCUT2D eigenvalue weighted by atomic mass is 35.5. The van der Waals surface area contributed by atoms with Crippen molar-refractivity contribution in [1.29, 1.82) is 0 Å². The largest absolute Gasteiger partial charge is 0.469 e. The molecule has 1 unspecified atom stereocenters. The summed E-state index contributed by atoms with van der Waals surface area (Å²) < 4.78 is 7.12. The number of imidazole rings is 1. The molecule has 110 valence electrons. The molecule has 4 nitrogen and oxygen atoms in total. The summed E-state index contributed by atoms with van der Waals surface area (Å²) in [5.41, 5.74) is 0.880. The van der Waals surface area contributed by atoms with Crippen molar-refractivity contribution in [3.05, 3.63) is 16.7 Å². The van der Waals surface area contributed by atoms with Gasteiger partial charge in [0.05, 0.1) is 12.8 Å². The molecule has 1 fully saturated rings. The van der Waals surface area contributed by atoms with Gasteiger partial charge in [-0.3, -0.25) is 4.79 Å². The van der Waals surface area contributed by atoms with Gasteiger partial charge in [0, 0.05) is 12.5 Å². The maximum Gasteiger partial charge on any atom is 0.314 e. The Morgan fingerprint density at radius 2 is 2.00 bits per heavy atom. The van der Waals surface area contributed by atoms with E-state index in [2.05, 4.69) is 9.55 Å². The molecule has 0 N–H and O–H groups in total. The second kappa shape index (κ2) is 5.76. The number of ether oxygens (including phenoxy) is 1. The number of nitrogens with zero attached hydrogens (tertiary/aromatic N) is 2. The Balaban J connectivity index is 1.97. The van der Waals surface area contributed by atoms with E-state index in [1.165, 1.54) is 39.2 Å². The minimum atomic E-state index is -0.244. The highest BCUT2D eigenvalue weighted by Crippen LogP contribution is 2.39. The first kappa shape index (κ1) is 13.9. The number of aromatic nitrogens is 2. The molecule has 1 atom stereocenters. The summed E-state index contributed by atoms with van der Waals surface area (Å²) in [7, 11) is 1.44. The molecule has 1 aromatic rings. The fourth-order valence-electron chi connectivity index (χ4n) is 3.65. The van der Waals surface area contributed by atoms with Crippen LogP contribution in [0, 0.1) is 0 Å². The van der Waals surface area contributed by atoms with Gasteiger partial charge in [-0.15, -0.1) is 0 Å². The van der Waals surface area contributed by atoms with Crippen molar-refractivity contribution in [1.82, 2.24) is 9.55 Å². The van der Waals surface area contributed by atoms with Gasteiger partial charge in [0.1, 0.15) is 11.7 Å². The summed E-state index contributed by atoms with van der Waals surface area (Å²) in [5.74, 6) is 1.17. The molecular formula is C15H21ClN2O2. The second-order valence-electron chi connectivity index (χ2n) is 5.85. The van der Waals surface area contributed by atoms with Crippen LogP contribution in [0.5, 0.6) is 0 Å². The highest BCUT2D eigenvalue weighted by molar-refractivity contribution is 6.30. The van der Waals surface area contributed by atoms with Crippen molar-refractivity contribution in [3.63, 3.8) is 0 Å². The summed E-state index contributed by atoms with van der Waals surface area (Å²) in [6.07, 6.45) is 8.03. The predicted molar refractivity (Wildman–Crippen MR) is 77.1 cm³/mol. The molecule has 2 heterocycles. The Morgan fingerprint density at radius 1 is 1.25 bits per heavy atom. The van der Waals surface area contributed by atoms with Crippen LogP contribution >= 0.6 is 11.6 Å². The quantitative estimate of drug-likeness (QED) is 0.783. The van der Waals surface area contributed by atoms with Crippen molar-refractivity contribution < 1.29 is 9.53 Å². The van der Waals surface area contributed by atoms with Crippen molar-refractivity contribution >= 4 is 17.6 Å². The lowest BCUT2D eigenvalue weighted by molar-refractivity contribution is -0.143. The monoisotopic (exact) mass is 296 g/mol. The lowest BCUT2D eigenvalue weighted by Gasteiger charge is -2.27. The SMILES string of the molecule is COC(=O)C1CCCn2c(C3CCCCC3)nc(Cl)c21. The molecule has 0 aromatic carbocycles. The van der Waals surface area contributed by atoms with E-state index in [1.807, 2.05) is 0 Å². The summed E-state index contributed by atoms with van der Waals surface area (Å²) in [6.45, 7) is 0.925. The molecule has 1 aliphatic carbocycles. The van der Waals surface area contributed by atoms with Crippen LogP contribution in [0.1, 0.15) is 68.3 Å². The van der Waals surface area contributed by atoms with Crippen LogP contribution in [0.4, 0.5) is 0 Å². The number of halogens is 1. The Morgan fingerprint density at radius 3 is 2.70 bits per heavy atom. The molecule has 0 spiro atoms. The maximum absolute atomic E-state index is 11.9. The van der Waals surface area contributed by atoms with Crippen LogP contribution in [-0.2, 0) is 16.1 Å². The predicted octanol–water partition coefficient (Wildman–Crippen LogP) is 3.63. The van der Waals surface area contributed by atoms with Gasteiger partial charge in [-0.2, -0.15) is 0 Å². The van der Waals surface area contributed by atoms with Crippen molar-refractivity contribution in [3.8, 4) is 0 Å². The van der Waals surface area contributed by atoms with E-state index in [1.54, 1.807) is 0 Å². The minimum Gasteiger partial charge on any atom is -0.469 e. The van der Waals surface area contributed by atoms with E-state index >= 15 is 0 Å². The Labute approximate surface area is 124 Å². The van der Waals surface area contributed by atoms with E-state index in [9.17, 15) is 4.79 Å². The van der Waals surface area contributed by atoms with Crippen LogP contribution in [-0.4, -0.2) is 22.6 Å². The van der Waals surface area contributed by atoms with Gasteiger partial charge in [0.15, 0.2) is 5.15 Å². The third-order valence-electron chi connectivity index (χ3n) is 4.65. The zero-order valence-corrected chi connectivity index (χ0v) is 12.7. The molecule has 1 saturated carbocycles. The summed E-state index contributed by atoms with van der Waals surface area (Å²) in [6, 6.07) is 0. The number of fused-ring (bicyclic) bond motifs is 1. The van der Waals surface area contributed by atoms with Gasteiger partial charge in [0.25, 0.3) is 0 Å². The van der Waals surface area contributed by atoms with Gasteiger partial charge < -0.3 is 9.30 Å². The molecule has 0 amide bonds. The molecule has 1 aliphatic heterocycles. The standard InChI is InChI=1S/C15H21ClN2O2/c1-20-15(19)11-8-5-9-18-12(11)13(16)17-14(18)10-6-3-2-4-7-10/h10-11H,2-9H2,1H3. The number of rotatable bonds is 2. The average molecular weight is 297 g/mol. The molecule has 2 aliphatic rings. The molecule has 3 rings (SSSR count). The lowest BCUT2D eigenvalue weighted by Crippen LogP contribution is -2.25. The topological polar surface area (TPSA) is 44.1 Å². The van der Waals surface area contributed by atoms with Crippen LogP contribution in [0.3, 0.4) is 0 Å². The van der Waals surface area contributed by atoms with E-state index in [0.29, 0.717) is 11.1 Å². The highest BCUT2D eigenvalue weighted by Gasteiger charge is 2.34. The van der Waals surface area contributed by atoms with E-state index in [0.717, 1.165) is 30.9 Å². The Kier molecular flexibility index (Phi) is 4.01. The van der Waals surface area contributed by atoms with E-state index in [4.69, 9.17) is 16.3 Å². The van der Waals surface area contributed by atoms with Crippen molar-refractivity contribution in [2.75, 3.05) is 7.11 Å². The number of carbonyl (C=O) groups excluding carboxylic acids is 1. The Bertz CT molecular complexity index is 506.